The van der Waals surface area contributed by atoms with Crippen molar-refractivity contribution in [2.45, 2.75) is 52.6 Å². The number of carbonyl (C=O) groups excluding carboxylic acids is 2. The number of amides is 2. The minimum Gasteiger partial charge on any atom is -0.342 e. The van der Waals surface area contributed by atoms with Crippen LogP contribution in [0.5, 0.6) is 0 Å². The normalized spacial score (nSPS) is 28.9. The van der Waals surface area contributed by atoms with Crippen molar-refractivity contribution in [2.75, 3.05) is 7.05 Å². The second-order valence-electron chi connectivity index (χ2n) is 5.15. The summed E-state index contributed by atoms with van der Waals surface area (Å²) >= 11 is 0. The molecule has 17 heavy (non-hydrogen) atoms. The van der Waals surface area contributed by atoms with Crippen molar-refractivity contribution in [1.82, 2.24) is 10.2 Å². The van der Waals surface area contributed by atoms with Crippen LogP contribution in [0.3, 0.4) is 0 Å². The van der Waals surface area contributed by atoms with Crippen LogP contribution in [0.15, 0.2) is 0 Å². The molecule has 98 valence electrons. The number of likely N-dealkylation sites (N-methyl/N-ethyl adjacent to an activating group) is 1. The molecule has 0 saturated carbocycles. The van der Waals surface area contributed by atoms with Gasteiger partial charge >= 0.3 is 0 Å². The molecule has 0 spiro atoms. The van der Waals surface area contributed by atoms with Crippen molar-refractivity contribution >= 4 is 11.8 Å². The number of rotatable bonds is 4. The summed E-state index contributed by atoms with van der Waals surface area (Å²) in [6.45, 7) is 8.08. The molecule has 4 atom stereocenters. The Morgan fingerprint density at radius 2 is 1.71 bits per heavy atom. The Hall–Kier alpha value is -1.06. The quantitative estimate of drug-likeness (QED) is 0.807. The first-order valence-electron chi connectivity index (χ1n) is 6.51. The topological polar surface area (TPSA) is 49.4 Å². The molecular weight excluding hydrogens is 216 g/mol. The number of carbonyl (C=O) groups is 2. The predicted molar refractivity (Wildman–Crippen MR) is 67.4 cm³/mol. The van der Waals surface area contributed by atoms with Crippen LogP contribution in [0.25, 0.3) is 0 Å². The van der Waals surface area contributed by atoms with Crippen molar-refractivity contribution in [3.05, 3.63) is 0 Å². The Labute approximate surface area is 104 Å². The zero-order valence-corrected chi connectivity index (χ0v) is 11.5. The Bertz CT molecular complexity index is 304. The Balaban J connectivity index is 2.87. The molecule has 1 heterocycles. The fraction of sp³-hybridized carbons (Fsp3) is 0.846. The molecular formula is C13H24N2O2. The average molecular weight is 240 g/mol. The zero-order chi connectivity index (χ0) is 13.2. The third kappa shape index (κ3) is 2.61. The van der Waals surface area contributed by atoms with E-state index < -0.39 is 0 Å². The lowest BCUT2D eigenvalue weighted by Gasteiger charge is -2.40. The first-order valence-corrected chi connectivity index (χ1v) is 6.51. The molecule has 0 aromatic heterocycles. The van der Waals surface area contributed by atoms with Gasteiger partial charge in [-0.3, -0.25) is 9.59 Å². The molecule has 1 rings (SSSR count). The molecule has 0 aromatic carbocycles. The number of hydrogen-bond acceptors (Lipinski definition) is 2. The first-order chi connectivity index (χ1) is 7.93. The van der Waals surface area contributed by atoms with Gasteiger partial charge in [0.25, 0.3) is 0 Å². The van der Waals surface area contributed by atoms with Crippen molar-refractivity contribution in [1.29, 1.82) is 0 Å². The molecule has 0 aromatic rings. The van der Waals surface area contributed by atoms with Crippen LogP contribution < -0.4 is 5.32 Å². The van der Waals surface area contributed by atoms with E-state index in [2.05, 4.69) is 5.32 Å². The van der Waals surface area contributed by atoms with Crippen LogP contribution in [0.2, 0.25) is 0 Å². The Morgan fingerprint density at radius 3 is 2.18 bits per heavy atom. The highest BCUT2D eigenvalue weighted by Crippen LogP contribution is 2.22. The summed E-state index contributed by atoms with van der Waals surface area (Å²) in [5, 5.41) is 2.88. The van der Waals surface area contributed by atoms with Crippen molar-refractivity contribution in [2.24, 2.45) is 11.8 Å². The maximum absolute atomic E-state index is 12.2. The summed E-state index contributed by atoms with van der Waals surface area (Å²) < 4.78 is 0. The van der Waals surface area contributed by atoms with Crippen molar-refractivity contribution in [3.8, 4) is 0 Å². The zero-order valence-electron chi connectivity index (χ0n) is 11.5. The minimum atomic E-state index is -0.349. The van der Waals surface area contributed by atoms with E-state index in [1.54, 1.807) is 11.9 Å². The summed E-state index contributed by atoms with van der Waals surface area (Å²) in [5.41, 5.74) is 0. The molecule has 1 aliphatic rings. The molecule has 4 unspecified atom stereocenters. The Morgan fingerprint density at radius 1 is 1.18 bits per heavy atom. The summed E-state index contributed by atoms with van der Waals surface area (Å²) in [6, 6.07) is -0.661. The van der Waals surface area contributed by atoms with Gasteiger partial charge in [-0.15, -0.1) is 0 Å². The van der Waals surface area contributed by atoms with E-state index in [1.807, 2.05) is 27.7 Å². The second kappa shape index (κ2) is 5.52. The van der Waals surface area contributed by atoms with Crippen molar-refractivity contribution in [3.63, 3.8) is 0 Å². The number of nitrogens with zero attached hydrogens (tertiary/aromatic N) is 1. The van der Waals surface area contributed by atoms with E-state index in [9.17, 15) is 9.59 Å². The predicted octanol–water partition coefficient (Wildman–Crippen LogP) is 1.40. The minimum absolute atomic E-state index is 0.00764. The lowest BCUT2D eigenvalue weighted by Crippen LogP contribution is -2.65. The van der Waals surface area contributed by atoms with Gasteiger partial charge in [-0.05, 0) is 11.8 Å². The van der Waals surface area contributed by atoms with E-state index in [1.165, 1.54) is 0 Å². The third-order valence-corrected chi connectivity index (χ3v) is 3.99. The highest BCUT2D eigenvalue weighted by atomic mass is 16.2. The molecule has 1 N–H and O–H groups in total. The van der Waals surface area contributed by atoms with Crippen LogP contribution in [0.4, 0.5) is 0 Å². The van der Waals surface area contributed by atoms with Crippen LogP contribution in [-0.4, -0.2) is 35.8 Å². The molecule has 0 aliphatic carbocycles. The van der Waals surface area contributed by atoms with E-state index in [-0.39, 0.29) is 35.7 Å². The summed E-state index contributed by atoms with van der Waals surface area (Å²) in [5.74, 6) is 0.421. The molecule has 2 amide bonds. The van der Waals surface area contributed by atoms with Gasteiger partial charge in [-0.25, -0.2) is 0 Å². The monoisotopic (exact) mass is 240 g/mol. The average Bonchev–Trinajstić information content (AvgIpc) is 2.32. The van der Waals surface area contributed by atoms with Crippen LogP contribution in [-0.2, 0) is 9.59 Å². The van der Waals surface area contributed by atoms with E-state index in [0.29, 0.717) is 0 Å². The maximum atomic E-state index is 12.2. The summed E-state index contributed by atoms with van der Waals surface area (Å²) in [6.07, 6.45) is 1.78. The first kappa shape index (κ1) is 14.0. The molecule has 4 heteroatoms. The molecule has 1 saturated heterocycles. The fourth-order valence-corrected chi connectivity index (χ4v) is 2.32. The van der Waals surface area contributed by atoms with Crippen LogP contribution in [0.1, 0.15) is 40.5 Å². The summed E-state index contributed by atoms with van der Waals surface area (Å²) in [7, 11) is 1.74. The Kier molecular flexibility index (Phi) is 4.54. The largest absolute Gasteiger partial charge is 0.342 e. The smallest absolute Gasteiger partial charge is 0.245 e. The number of nitrogens with one attached hydrogen (secondary N) is 1. The van der Waals surface area contributed by atoms with Gasteiger partial charge in [0.1, 0.15) is 12.1 Å². The second-order valence-corrected chi connectivity index (χ2v) is 5.15. The van der Waals surface area contributed by atoms with Crippen molar-refractivity contribution < 1.29 is 9.59 Å². The molecule has 1 fully saturated rings. The lowest BCUT2D eigenvalue weighted by molar-refractivity contribution is -0.151. The van der Waals surface area contributed by atoms with Crippen LogP contribution in [0, 0.1) is 11.8 Å². The van der Waals surface area contributed by atoms with Gasteiger partial charge in [0, 0.05) is 7.05 Å². The highest BCUT2D eigenvalue weighted by Gasteiger charge is 2.42. The van der Waals surface area contributed by atoms with Gasteiger partial charge in [-0.1, -0.05) is 40.5 Å². The van der Waals surface area contributed by atoms with Gasteiger partial charge < -0.3 is 10.2 Å². The van der Waals surface area contributed by atoms with Gasteiger partial charge in [-0.2, -0.15) is 0 Å². The lowest BCUT2D eigenvalue weighted by atomic mass is 9.90. The standard InChI is InChI=1S/C13H24N2O2/c1-6-8(3)10-13(17)15(5)11(9(4)7-2)12(16)14-10/h8-11H,6-7H2,1-5H3,(H,14,16). The molecule has 1 aliphatic heterocycles. The SMILES string of the molecule is CCC(C)C1NC(=O)C(C(C)CC)N(C)C1=O. The summed E-state index contributed by atoms with van der Waals surface area (Å²) in [4.78, 5) is 25.9. The third-order valence-electron chi connectivity index (χ3n) is 3.99. The van der Waals surface area contributed by atoms with E-state index >= 15 is 0 Å². The maximum Gasteiger partial charge on any atom is 0.245 e. The number of piperazine rings is 1. The van der Waals surface area contributed by atoms with Crippen LogP contribution >= 0.6 is 0 Å². The fourth-order valence-electron chi connectivity index (χ4n) is 2.32. The molecule has 0 bridgehead atoms. The molecule has 0 radical (unpaired) electrons. The number of hydrogen-bond donors (Lipinski definition) is 1. The molecule has 4 nitrogen and oxygen atoms in total. The van der Waals surface area contributed by atoms with Gasteiger partial charge in [0.2, 0.25) is 11.8 Å². The van der Waals surface area contributed by atoms with E-state index in [0.717, 1.165) is 12.8 Å². The van der Waals surface area contributed by atoms with Gasteiger partial charge in [0.15, 0.2) is 0 Å². The highest BCUT2D eigenvalue weighted by molar-refractivity contribution is 5.97. The van der Waals surface area contributed by atoms with E-state index in [4.69, 9.17) is 0 Å². The van der Waals surface area contributed by atoms with Gasteiger partial charge in [0.05, 0.1) is 0 Å².